The van der Waals surface area contributed by atoms with Gasteiger partial charge in [-0.25, -0.2) is 0 Å². The third-order valence-corrected chi connectivity index (χ3v) is 14.3. The Morgan fingerprint density at radius 1 is 1.00 bits per heavy atom. The first-order valence-electron chi connectivity index (χ1n) is 14.5. The first kappa shape index (κ1) is 26.9. The lowest BCUT2D eigenvalue weighted by molar-refractivity contribution is -0.0387. The first-order valence-corrected chi connectivity index (χ1v) is 16.5. The van der Waals surface area contributed by atoms with Crippen molar-refractivity contribution in [2.75, 3.05) is 13.1 Å². The number of aromatic nitrogens is 1. The Kier molecular flexibility index (Phi) is 7.15. The van der Waals surface area contributed by atoms with Gasteiger partial charge in [-0.3, -0.25) is 9.88 Å². The molecule has 3 aliphatic rings. The van der Waals surface area contributed by atoms with E-state index in [4.69, 9.17) is 4.43 Å². The van der Waals surface area contributed by atoms with Crippen molar-refractivity contribution in [3.8, 4) is 5.75 Å². The van der Waals surface area contributed by atoms with Crippen molar-refractivity contribution >= 4 is 29.6 Å². The van der Waals surface area contributed by atoms with Crippen LogP contribution in [0.15, 0.2) is 104 Å². The lowest BCUT2D eigenvalue weighted by atomic mass is 9.73. The zero-order valence-electron chi connectivity index (χ0n) is 23.8. The number of rotatable bonds is 7. The molecule has 1 N–H and O–H groups in total. The van der Waals surface area contributed by atoms with Crippen molar-refractivity contribution in [1.82, 2.24) is 9.88 Å². The molecule has 0 amide bonds. The fourth-order valence-corrected chi connectivity index (χ4v) is 12.0. The number of phenolic OH excluding ortho intramolecular Hbond substituents is 1. The van der Waals surface area contributed by atoms with Gasteiger partial charge in [0, 0.05) is 24.2 Å². The standard InChI is InChI=1S/C35H40N2O2Si/c1-5-25-24-37-21-19-26(25)22-33(37)34(30-18-20-36-32-17-16-27(38)23-31(30)32)39-40(35(2,3)4,28-12-8-6-9-13-28)29-14-10-7-11-15-29/h5-18,20,23,25-26,33-34,38H,1,19,21-22,24H2,2-4H3/t25?,26?,33-,34+/m1/s1. The van der Waals surface area contributed by atoms with Crippen molar-refractivity contribution in [3.63, 3.8) is 0 Å². The summed E-state index contributed by atoms with van der Waals surface area (Å²) in [4.78, 5) is 7.31. The maximum absolute atomic E-state index is 10.6. The van der Waals surface area contributed by atoms with Gasteiger partial charge in [0.15, 0.2) is 0 Å². The number of phenols is 1. The van der Waals surface area contributed by atoms with Crippen LogP contribution in [0.4, 0.5) is 0 Å². The third kappa shape index (κ3) is 4.60. The van der Waals surface area contributed by atoms with Gasteiger partial charge in [-0.15, -0.1) is 6.58 Å². The molecule has 1 aromatic heterocycles. The minimum absolute atomic E-state index is 0.147. The molecule has 0 aliphatic carbocycles. The molecule has 206 valence electrons. The second-order valence-electron chi connectivity index (χ2n) is 12.5. The summed E-state index contributed by atoms with van der Waals surface area (Å²) in [7, 11) is -2.86. The van der Waals surface area contributed by atoms with Crippen molar-refractivity contribution in [1.29, 1.82) is 0 Å². The predicted octanol–water partition coefficient (Wildman–Crippen LogP) is 6.45. The highest BCUT2D eigenvalue weighted by Gasteiger charge is 2.54. The molecule has 7 rings (SSSR count). The molecule has 0 radical (unpaired) electrons. The molecule has 0 spiro atoms. The van der Waals surface area contributed by atoms with Crippen LogP contribution in [0.1, 0.15) is 45.3 Å². The van der Waals surface area contributed by atoms with Crippen LogP contribution in [0.25, 0.3) is 10.9 Å². The van der Waals surface area contributed by atoms with E-state index in [9.17, 15) is 5.11 Å². The molecule has 40 heavy (non-hydrogen) atoms. The summed E-state index contributed by atoms with van der Waals surface area (Å²) in [5.41, 5.74) is 1.99. The van der Waals surface area contributed by atoms with Crippen molar-refractivity contribution in [2.45, 2.75) is 50.8 Å². The van der Waals surface area contributed by atoms with Gasteiger partial charge in [0.1, 0.15) is 5.75 Å². The molecule has 5 atom stereocenters. The van der Waals surface area contributed by atoms with Crippen LogP contribution in [-0.4, -0.2) is 42.4 Å². The Bertz CT molecular complexity index is 1440. The van der Waals surface area contributed by atoms with Crippen molar-refractivity contribution in [2.24, 2.45) is 11.8 Å². The second kappa shape index (κ2) is 10.6. The van der Waals surface area contributed by atoms with Gasteiger partial charge in [-0.05, 0) is 76.5 Å². The van der Waals surface area contributed by atoms with Gasteiger partial charge < -0.3 is 9.53 Å². The minimum atomic E-state index is -2.86. The summed E-state index contributed by atoms with van der Waals surface area (Å²) in [6.45, 7) is 13.3. The average molecular weight is 549 g/mol. The van der Waals surface area contributed by atoms with Gasteiger partial charge in [0.2, 0.25) is 0 Å². The molecule has 3 unspecified atom stereocenters. The van der Waals surface area contributed by atoms with Gasteiger partial charge >= 0.3 is 0 Å². The Labute approximate surface area is 239 Å². The lowest BCUT2D eigenvalue weighted by Gasteiger charge is -2.54. The Hall–Kier alpha value is -3.25. The van der Waals surface area contributed by atoms with Crippen LogP contribution in [-0.2, 0) is 4.43 Å². The van der Waals surface area contributed by atoms with Crippen molar-refractivity contribution < 1.29 is 9.53 Å². The number of hydrogen-bond donors (Lipinski definition) is 1. The molecule has 3 fully saturated rings. The summed E-state index contributed by atoms with van der Waals surface area (Å²) in [5.74, 6) is 1.39. The highest BCUT2D eigenvalue weighted by molar-refractivity contribution is 6.99. The number of aromatic hydroxyl groups is 1. The SMILES string of the molecule is C=CC1CN2CCC1C[C@@H]2[C@@H](O[Si](c1ccccc1)(c1ccccc1)C(C)(C)C)c1ccnc2ccc(O)cc12. The molecule has 0 saturated carbocycles. The first-order chi connectivity index (χ1) is 19.3. The molecule has 4 aromatic rings. The van der Waals surface area contributed by atoms with E-state index in [1.165, 1.54) is 16.8 Å². The van der Waals surface area contributed by atoms with E-state index in [0.717, 1.165) is 36.0 Å². The number of piperidine rings is 3. The van der Waals surface area contributed by atoms with Crippen LogP contribution in [0.2, 0.25) is 5.04 Å². The lowest BCUT2D eigenvalue weighted by Crippen LogP contribution is -2.68. The zero-order valence-corrected chi connectivity index (χ0v) is 24.8. The van der Waals surface area contributed by atoms with Gasteiger partial charge in [-0.1, -0.05) is 87.5 Å². The Morgan fingerprint density at radius 3 is 2.25 bits per heavy atom. The molecule has 3 saturated heterocycles. The largest absolute Gasteiger partial charge is 0.508 e. The molecular formula is C35H40N2O2Si. The van der Waals surface area contributed by atoms with Gasteiger partial charge in [0.25, 0.3) is 8.32 Å². The third-order valence-electron chi connectivity index (χ3n) is 9.29. The van der Waals surface area contributed by atoms with E-state index in [1.807, 2.05) is 18.3 Å². The summed E-state index contributed by atoms with van der Waals surface area (Å²) >= 11 is 0. The zero-order chi connectivity index (χ0) is 27.9. The second-order valence-corrected chi connectivity index (χ2v) is 16.8. The smallest absolute Gasteiger partial charge is 0.261 e. The van der Waals surface area contributed by atoms with Crippen molar-refractivity contribution in [3.05, 3.63) is 109 Å². The number of pyridine rings is 1. The average Bonchev–Trinajstić information content (AvgIpc) is 2.98. The summed E-state index contributed by atoms with van der Waals surface area (Å²) < 4.78 is 7.93. The highest BCUT2D eigenvalue weighted by atomic mass is 28.4. The van der Waals surface area contributed by atoms with Crippen LogP contribution in [0.3, 0.4) is 0 Å². The van der Waals surface area contributed by atoms with Crippen LogP contribution < -0.4 is 10.4 Å². The fourth-order valence-electron chi connectivity index (χ4n) is 7.33. The quantitative estimate of drug-likeness (QED) is 0.213. The Balaban J connectivity index is 1.59. The van der Waals surface area contributed by atoms with Crippen LogP contribution >= 0.6 is 0 Å². The molecule has 3 aliphatic heterocycles. The van der Waals surface area contributed by atoms with E-state index in [0.29, 0.717) is 11.8 Å². The summed E-state index contributed by atoms with van der Waals surface area (Å²) in [6, 6.07) is 29.7. The maximum atomic E-state index is 10.6. The van der Waals surface area contributed by atoms with E-state index in [2.05, 4.69) is 110 Å². The monoisotopic (exact) mass is 548 g/mol. The summed E-state index contributed by atoms with van der Waals surface area (Å²) in [6.07, 6.45) is 6.15. The van der Waals surface area contributed by atoms with Crippen LogP contribution in [0, 0.1) is 11.8 Å². The van der Waals surface area contributed by atoms with E-state index in [1.54, 1.807) is 6.07 Å². The molecule has 4 nitrogen and oxygen atoms in total. The van der Waals surface area contributed by atoms with E-state index in [-0.39, 0.29) is 22.9 Å². The molecule has 5 heteroatoms. The van der Waals surface area contributed by atoms with Gasteiger partial charge in [0.05, 0.1) is 11.6 Å². The highest BCUT2D eigenvalue weighted by Crippen LogP contribution is 2.47. The predicted molar refractivity (Wildman–Crippen MR) is 167 cm³/mol. The number of hydrogen-bond acceptors (Lipinski definition) is 4. The van der Waals surface area contributed by atoms with E-state index >= 15 is 0 Å². The number of nitrogens with zero attached hydrogens (tertiary/aromatic N) is 2. The molecule has 3 aromatic carbocycles. The minimum Gasteiger partial charge on any atom is -0.508 e. The Morgan fingerprint density at radius 2 is 1.68 bits per heavy atom. The molecule has 2 bridgehead atoms. The normalized spacial score (nSPS) is 23.7. The topological polar surface area (TPSA) is 45.6 Å². The fraction of sp³-hybridized carbons (Fsp3) is 0.343. The van der Waals surface area contributed by atoms with Gasteiger partial charge in [-0.2, -0.15) is 0 Å². The molecular weight excluding hydrogens is 508 g/mol. The number of fused-ring (bicyclic) bond motifs is 4. The maximum Gasteiger partial charge on any atom is 0.261 e. The van der Waals surface area contributed by atoms with E-state index < -0.39 is 8.32 Å². The number of benzene rings is 3. The summed E-state index contributed by atoms with van der Waals surface area (Å²) in [5, 5.41) is 13.9. The molecule has 4 heterocycles. The van der Waals surface area contributed by atoms with Crippen LogP contribution in [0.5, 0.6) is 5.75 Å².